The summed E-state index contributed by atoms with van der Waals surface area (Å²) in [6.45, 7) is 0. The summed E-state index contributed by atoms with van der Waals surface area (Å²) < 4.78 is 42.7. The van der Waals surface area contributed by atoms with Gasteiger partial charge in [-0.05, 0) is 55.0 Å². The highest BCUT2D eigenvalue weighted by Gasteiger charge is 2.16. The highest BCUT2D eigenvalue weighted by Crippen LogP contribution is 2.20. The van der Waals surface area contributed by atoms with E-state index >= 15 is 0 Å². The minimum absolute atomic E-state index is 0.0406. The summed E-state index contributed by atoms with van der Waals surface area (Å²) in [5.74, 6) is -0.918. The van der Waals surface area contributed by atoms with Crippen LogP contribution in [0.25, 0.3) is 11.5 Å². The van der Waals surface area contributed by atoms with Gasteiger partial charge in [-0.3, -0.25) is 10.1 Å². The van der Waals surface area contributed by atoms with Crippen molar-refractivity contribution in [3.05, 3.63) is 59.4 Å². The topological polar surface area (TPSA) is 102 Å². The molecule has 146 valence electrons. The molecule has 1 aromatic heterocycles. The van der Waals surface area contributed by atoms with Gasteiger partial charge in [0.25, 0.3) is 0 Å². The van der Waals surface area contributed by atoms with Crippen molar-refractivity contribution in [1.29, 1.82) is 0 Å². The molecule has 0 saturated carbocycles. The standard InChI is InChI=1S/C18H15ClFN3O4S/c19-13-5-9-15(10-6-13)28(25,26)11-1-2-16(24)21-18-23-22-17(27-18)12-3-7-14(20)8-4-12/h3-10H,1-2,11H2,(H,21,23,24). The molecule has 7 nitrogen and oxygen atoms in total. The van der Waals surface area contributed by atoms with Gasteiger partial charge in [0.2, 0.25) is 11.8 Å². The van der Waals surface area contributed by atoms with Crippen LogP contribution in [-0.4, -0.2) is 30.3 Å². The van der Waals surface area contributed by atoms with Crippen LogP contribution in [0.1, 0.15) is 12.8 Å². The maximum Gasteiger partial charge on any atom is 0.322 e. The van der Waals surface area contributed by atoms with E-state index in [0.717, 1.165) is 0 Å². The van der Waals surface area contributed by atoms with Crippen molar-refractivity contribution in [2.45, 2.75) is 17.7 Å². The Labute approximate surface area is 165 Å². The van der Waals surface area contributed by atoms with Crippen LogP contribution in [-0.2, 0) is 14.6 Å². The normalized spacial score (nSPS) is 11.4. The largest absolute Gasteiger partial charge is 0.403 e. The first-order valence-electron chi connectivity index (χ1n) is 8.21. The highest BCUT2D eigenvalue weighted by molar-refractivity contribution is 7.91. The fourth-order valence-corrected chi connectivity index (χ4v) is 3.78. The number of amides is 1. The van der Waals surface area contributed by atoms with Crippen LogP contribution in [0.5, 0.6) is 0 Å². The molecule has 1 N–H and O–H groups in total. The summed E-state index contributed by atoms with van der Waals surface area (Å²) in [5, 5.41) is 10.3. The molecule has 0 aliphatic rings. The molecule has 28 heavy (non-hydrogen) atoms. The lowest BCUT2D eigenvalue weighted by Crippen LogP contribution is -2.14. The van der Waals surface area contributed by atoms with E-state index in [4.69, 9.17) is 16.0 Å². The smallest absolute Gasteiger partial charge is 0.322 e. The van der Waals surface area contributed by atoms with Crippen molar-refractivity contribution in [1.82, 2.24) is 10.2 Å². The molecule has 0 atom stereocenters. The number of nitrogens with zero attached hydrogens (tertiary/aromatic N) is 2. The van der Waals surface area contributed by atoms with Gasteiger partial charge in [0, 0.05) is 17.0 Å². The first-order chi connectivity index (χ1) is 13.3. The second kappa shape index (κ2) is 8.49. The van der Waals surface area contributed by atoms with Crippen LogP contribution in [0.3, 0.4) is 0 Å². The number of carbonyl (C=O) groups excluding carboxylic acids is 1. The Morgan fingerprint density at radius 2 is 1.75 bits per heavy atom. The van der Waals surface area contributed by atoms with Crippen LogP contribution in [0.2, 0.25) is 5.02 Å². The summed E-state index contributed by atoms with van der Waals surface area (Å²) in [6.07, 6.45) is 0.0802. The van der Waals surface area contributed by atoms with Crippen molar-refractivity contribution >= 4 is 33.4 Å². The molecule has 10 heteroatoms. The molecular weight excluding hydrogens is 409 g/mol. The Kier molecular flexibility index (Phi) is 6.05. The first-order valence-corrected chi connectivity index (χ1v) is 10.2. The monoisotopic (exact) mass is 423 g/mol. The maximum absolute atomic E-state index is 12.9. The number of hydrogen-bond acceptors (Lipinski definition) is 6. The Balaban J connectivity index is 1.52. The second-order valence-corrected chi connectivity index (χ2v) is 8.39. The Hall–Kier alpha value is -2.78. The van der Waals surface area contributed by atoms with Gasteiger partial charge in [-0.15, -0.1) is 5.10 Å². The van der Waals surface area contributed by atoms with Gasteiger partial charge in [-0.2, -0.15) is 0 Å². The van der Waals surface area contributed by atoms with E-state index in [1.165, 1.54) is 48.5 Å². The van der Waals surface area contributed by atoms with E-state index in [1.807, 2.05) is 0 Å². The zero-order valence-electron chi connectivity index (χ0n) is 14.4. The average molecular weight is 424 g/mol. The first kappa shape index (κ1) is 20.0. The fraction of sp³-hybridized carbons (Fsp3) is 0.167. The van der Waals surface area contributed by atoms with Gasteiger partial charge in [0.05, 0.1) is 10.6 Å². The fourth-order valence-electron chi connectivity index (χ4n) is 2.35. The molecule has 0 saturated heterocycles. The molecule has 0 spiro atoms. The molecule has 3 aromatic rings. The van der Waals surface area contributed by atoms with Crippen LogP contribution >= 0.6 is 11.6 Å². The molecule has 0 aliphatic carbocycles. The van der Waals surface area contributed by atoms with Crippen LogP contribution in [0, 0.1) is 5.82 Å². The number of aromatic nitrogens is 2. The summed E-state index contributed by atoms with van der Waals surface area (Å²) in [5.41, 5.74) is 0.503. The average Bonchev–Trinajstić information content (AvgIpc) is 3.11. The lowest BCUT2D eigenvalue weighted by atomic mass is 10.2. The van der Waals surface area contributed by atoms with Crippen molar-refractivity contribution in [2.75, 3.05) is 11.1 Å². The molecular formula is C18H15ClFN3O4S. The second-order valence-electron chi connectivity index (χ2n) is 5.84. The van der Waals surface area contributed by atoms with E-state index in [0.29, 0.717) is 10.6 Å². The van der Waals surface area contributed by atoms with Gasteiger partial charge in [0.1, 0.15) is 5.82 Å². The third-order valence-electron chi connectivity index (χ3n) is 3.75. The number of sulfone groups is 1. The van der Waals surface area contributed by atoms with Gasteiger partial charge in [0.15, 0.2) is 9.84 Å². The number of nitrogens with one attached hydrogen (secondary N) is 1. The number of carbonyl (C=O) groups is 1. The Morgan fingerprint density at radius 3 is 2.43 bits per heavy atom. The number of rotatable bonds is 7. The van der Waals surface area contributed by atoms with E-state index in [1.54, 1.807) is 0 Å². The number of benzene rings is 2. The van der Waals surface area contributed by atoms with Crippen LogP contribution in [0.15, 0.2) is 57.8 Å². The van der Waals surface area contributed by atoms with E-state index in [-0.39, 0.29) is 35.4 Å². The van der Waals surface area contributed by atoms with Gasteiger partial charge in [-0.1, -0.05) is 16.7 Å². The maximum atomic E-state index is 12.9. The Morgan fingerprint density at radius 1 is 1.07 bits per heavy atom. The van der Waals surface area contributed by atoms with Gasteiger partial charge in [-0.25, -0.2) is 12.8 Å². The molecule has 0 bridgehead atoms. The predicted octanol–water partition coefficient (Wildman–Crippen LogP) is 3.72. The summed E-state index contributed by atoms with van der Waals surface area (Å²) in [7, 11) is -3.50. The summed E-state index contributed by atoms with van der Waals surface area (Å²) in [6, 6.07) is 11.2. The molecule has 0 unspecified atom stereocenters. The SMILES string of the molecule is O=C(CCCS(=O)(=O)c1ccc(Cl)cc1)Nc1nnc(-c2ccc(F)cc2)o1. The molecule has 0 aliphatic heterocycles. The lowest BCUT2D eigenvalue weighted by molar-refractivity contribution is -0.116. The minimum atomic E-state index is -3.50. The van der Waals surface area contributed by atoms with E-state index in [9.17, 15) is 17.6 Å². The van der Waals surface area contributed by atoms with Crippen molar-refractivity contribution in [3.8, 4) is 11.5 Å². The van der Waals surface area contributed by atoms with Crippen LogP contribution < -0.4 is 5.32 Å². The zero-order chi connectivity index (χ0) is 20.1. The molecule has 0 fully saturated rings. The van der Waals surface area contributed by atoms with E-state index in [2.05, 4.69) is 15.5 Å². The predicted molar refractivity (Wildman–Crippen MR) is 101 cm³/mol. The third kappa shape index (κ3) is 5.14. The van der Waals surface area contributed by atoms with Crippen molar-refractivity contribution in [3.63, 3.8) is 0 Å². The van der Waals surface area contributed by atoms with Gasteiger partial charge < -0.3 is 4.42 Å². The molecule has 2 aromatic carbocycles. The van der Waals surface area contributed by atoms with Crippen LogP contribution in [0.4, 0.5) is 10.4 Å². The number of halogens is 2. The van der Waals surface area contributed by atoms with Gasteiger partial charge >= 0.3 is 6.01 Å². The molecule has 1 heterocycles. The number of hydrogen-bond donors (Lipinski definition) is 1. The summed E-state index contributed by atoms with van der Waals surface area (Å²) >= 11 is 5.75. The summed E-state index contributed by atoms with van der Waals surface area (Å²) in [4.78, 5) is 12.1. The number of anilines is 1. The van der Waals surface area contributed by atoms with Crippen molar-refractivity contribution in [2.24, 2.45) is 0 Å². The van der Waals surface area contributed by atoms with Crippen molar-refractivity contribution < 1.29 is 22.0 Å². The molecule has 3 rings (SSSR count). The lowest BCUT2D eigenvalue weighted by Gasteiger charge is -2.04. The Bertz CT molecular complexity index is 1070. The van der Waals surface area contributed by atoms with E-state index < -0.39 is 21.6 Å². The minimum Gasteiger partial charge on any atom is -0.403 e. The highest BCUT2D eigenvalue weighted by atomic mass is 35.5. The third-order valence-corrected chi connectivity index (χ3v) is 5.82. The molecule has 0 radical (unpaired) electrons. The molecule has 1 amide bonds. The quantitative estimate of drug-likeness (QED) is 0.621. The zero-order valence-corrected chi connectivity index (χ0v) is 16.0.